The molecule has 0 bridgehead atoms. The molecule has 0 spiro atoms. The fourth-order valence-corrected chi connectivity index (χ4v) is 34.7. The van der Waals surface area contributed by atoms with E-state index in [4.69, 9.17) is 0 Å². The molecule has 146 heavy (non-hydrogen) atoms. The fourth-order valence-electron chi connectivity index (χ4n) is 28.8. The van der Waals surface area contributed by atoms with E-state index in [9.17, 15) is 28.8 Å². The zero-order chi connectivity index (χ0) is 102. The van der Waals surface area contributed by atoms with Crippen LogP contribution in [0.4, 0.5) is 0 Å². The summed E-state index contributed by atoms with van der Waals surface area (Å²) in [5, 5.41) is 8.88. The van der Waals surface area contributed by atoms with Crippen LogP contribution in [0, 0.1) is 35.5 Å². The zero-order valence-electron chi connectivity index (χ0n) is 88.7. The number of aromatic amines is 6. The molecule has 780 valence electrons. The summed E-state index contributed by atoms with van der Waals surface area (Å²) in [4.78, 5) is 104. The van der Waals surface area contributed by atoms with Crippen molar-refractivity contribution in [3.63, 3.8) is 0 Å². The molecule has 18 nitrogen and oxygen atoms in total. The molecule has 12 aliphatic rings. The second kappa shape index (κ2) is 49.0. The van der Waals surface area contributed by atoms with Gasteiger partial charge >= 0.3 is 0 Å². The average molecular weight is 2080 g/mol. The Hall–Kier alpha value is -7.56. The van der Waals surface area contributed by atoms with Crippen molar-refractivity contribution in [3.05, 3.63) is 213 Å². The summed E-state index contributed by atoms with van der Waals surface area (Å²) in [5.41, 5.74) is 25.9. The number of aromatic nitrogens is 6. The molecule has 6 aliphatic carbocycles. The highest BCUT2D eigenvalue weighted by atomic mass is 32.2. The van der Waals surface area contributed by atoms with Gasteiger partial charge < -0.3 is 39.7 Å². The summed E-state index contributed by atoms with van der Waals surface area (Å²) in [6.07, 6.45) is 32.7. The van der Waals surface area contributed by atoms with Gasteiger partial charge in [0.1, 0.15) is 34.7 Å². The summed E-state index contributed by atoms with van der Waals surface area (Å²) < 4.78 is 0. The first-order valence-electron chi connectivity index (χ1n) is 55.3. The van der Waals surface area contributed by atoms with Gasteiger partial charge in [0.05, 0.1) is 34.5 Å². The number of benzene rings is 6. The number of thioether (sulfide) groups is 6. The predicted molar refractivity (Wildman–Crippen MR) is 621 cm³/mol. The minimum absolute atomic E-state index is 0.288. The summed E-state index contributed by atoms with van der Waals surface area (Å²) in [7, 11) is 4.55. The second-order valence-electron chi connectivity index (χ2n) is 45.5. The minimum atomic E-state index is 0.288. The van der Waals surface area contributed by atoms with Gasteiger partial charge in [0.25, 0.3) is 0 Å². The van der Waals surface area contributed by atoms with Crippen LogP contribution < -0.4 is 0 Å². The average Bonchev–Trinajstić information content (AvgIpc) is 1.55. The molecule has 0 unspecified atom stereocenters. The number of hydrogen-bond donors (Lipinski definition) is 6. The third kappa shape index (κ3) is 24.1. The third-order valence-electron chi connectivity index (χ3n) is 34.3. The normalized spacial score (nSPS) is 26.3. The first-order valence-corrected chi connectivity index (χ1v) is 62.2. The quantitative estimate of drug-likeness (QED) is 0.0231. The predicted octanol–water partition coefficient (Wildman–Crippen LogP) is 23.8. The number of fused-ring (bicyclic) bond motifs is 12. The maximum atomic E-state index is 11.3. The van der Waals surface area contributed by atoms with Gasteiger partial charge in [0.15, 0.2) is 0 Å². The van der Waals surface area contributed by atoms with Crippen LogP contribution in [0.5, 0.6) is 0 Å². The Bertz CT molecular complexity index is 5900. The monoisotopic (exact) mass is 2080 g/mol. The Morgan fingerprint density at radius 2 is 0.425 bits per heavy atom. The highest BCUT2D eigenvalue weighted by Gasteiger charge is 2.48. The number of H-pyrrole nitrogens is 6. The lowest BCUT2D eigenvalue weighted by Gasteiger charge is -2.47. The van der Waals surface area contributed by atoms with Crippen LogP contribution in [-0.2, 0) is 67.3 Å². The summed E-state index contributed by atoms with van der Waals surface area (Å²) in [6, 6.07) is 44.3. The number of piperidine rings is 6. The molecule has 6 aromatic carbocycles. The Labute approximate surface area is 892 Å². The number of nitrogens with one attached hydrogen (secondary N) is 6. The van der Waals surface area contributed by atoms with E-state index in [1.807, 2.05) is 47.0 Å². The van der Waals surface area contributed by atoms with E-state index in [0.29, 0.717) is 165 Å². The highest BCUT2D eigenvalue weighted by molar-refractivity contribution is 8.01. The lowest BCUT2D eigenvalue weighted by atomic mass is 9.72. The molecule has 6 aliphatic heterocycles. The molecule has 6 N–H and O–H groups in total. The fraction of sp³-hybridized carbons (Fsp3) is 0.557. The second-order valence-corrected chi connectivity index (χ2v) is 51.7. The smallest absolute Gasteiger partial charge is 0.139 e. The Morgan fingerprint density at radius 1 is 0.253 bits per heavy atom. The molecule has 6 fully saturated rings. The van der Waals surface area contributed by atoms with Gasteiger partial charge in [-0.3, -0.25) is 48.4 Å². The van der Waals surface area contributed by atoms with Gasteiger partial charge in [-0.15, -0.1) is 0 Å². The van der Waals surface area contributed by atoms with Gasteiger partial charge in [-0.1, -0.05) is 100 Å². The van der Waals surface area contributed by atoms with Crippen LogP contribution >= 0.6 is 70.6 Å². The number of hydrogen-bond acceptors (Lipinski definition) is 18. The molecule has 0 saturated carbocycles. The van der Waals surface area contributed by atoms with Crippen molar-refractivity contribution in [2.75, 3.05) is 149 Å². The van der Waals surface area contributed by atoms with Crippen LogP contribution in [0.1, 0.15) is 236 Å². The van der Waals surface area contributed by atoms with E-state index in [0.717, 1.165) is 60.4 Å². The van der Waals surface area contributed by atoms with Gasteiger partial charge in [0, 0.05) is 214 Å². The van der Waals surface area contributed by atoms with Crippen LogP contribution in [0.3, 0.4) is 0 Å². The standard InChI is InChI=1S/4C21H28N2OS.2C19H24N2OS/c4*1-3-7-23-11-15(13-25-12-14(2)24)8-18-17-5-4-6-19-21(17)16(10-22-19)9-20(18)23;2*1-12(22)10-23-11-13-6-16-15-4-3-5-17-19(15)14(8-20-17)7-18(16)21(2)9-13/h4*4-6,10,15,18,20,22H,3,7-9,11-13H2,1-2H3;2*3-5,8,13,16,18,20H,6-7,9-11H2,1-2H3/t4*15-,18-,20-;2*13-,16-,18-/m111111/s1. The Morgan fingerprint density at radius 3 is 0.603 bits per heavy atom. The molecule has 12 heterocycles. The molecule has 0 amide bonds. The molecule has 6 aromatic heterocycles. The number of rotatable bonds is 32. The molecule has 0 radical (unpaired) electrons. The molecule has 18 atom stereocenters. The van der Waals surface area contributed by atoms with E-state index in [2.05, 4.69) is 247 Å². The van der Waals surface area contributed by atoms with E-state index in [1.54, 1.807) is 87.3 Å². The lowest BCUT2D eigenvalue weighted by molar-refractivity contribution is -0.115. The largest absolute Gasteiger partial charge is 0.361 e. The Balaban J connectivity index is 0.000000111. The number of ketones is 6. The van der Waals surface area contributed by atoms with Crippen molar-refractivity contribution in [1.82, 2.24) is 59.3 Å². The maximum Gasteiger partial charge on any atom is 0.139 e. The van der Waals surface area contributed by atoms with Crippen molar-refractivity contribution in [2.24, 2.45) is 35.5 Å². The van der Waals surface area contributed by atoms with Crippen LogP contribution in [0.2, 0.25) is 0 Å². The van der Waals surface area contributed by atoms with Crippen molar-refractivity contribution >= 4 is 171 Å². The molecular formula is C122H160N12O6S6. The summed E-state index contributed by atoms with van der Waals surface area (Å²) >= 11 is 10.9. The molecule has 12 aromatic rings. The van der Waals surface area contributed by atoms with E-state index in [-0.39, 0.29) is 11.6 Å². The van der Waals surface area contributed by atoms with Crippen molar-refractivity contribution in [3.8, 4) is 0 Å². The third-order valence-corrected chi connectivity index (χ3v) is 42.2. The van der Waals surface area contributed by atoms with Gasteiger partial charge in [-0.2, -0.15) is 70.6 Å². The van der Waals surface area contributed by atoms with Crippen LogP contribution in [0.25, 0.3) is 65.4 Å². The number of carbonyl (C=O) groups is 6. The number of likely N-dealkylation sites (tertiary alicyclic amines) is 6. The first kappa shape index (κ1) is 107. The lowest BCUT2D eigenvalue weighted by Crippen LogP contribution is -2.50. The Kier molecular flexibility index (Phi) is 35.9. The number of nitrogens with zero attached hydrogens (tertiary/aromatic N) is 6. The van der Waals surface area contributed by atoms with Gasteiger partial charge in [-0.05, 0) is 358 Å². The number of Topliss-reactive ketones (excluding diaryl/α,β-unsaturated/α-hetero) is 6. The maximum absolute atomic E-state index is 11.3. The SMILES string of the molecule is CC(=O)CSC[C@@H]1C[C@@H]2c3cccc4[nH]cc(c34)C[C@H]2N(C)C1.CC(=O)CSC[C@@H]1C[C@@H]2c3cccc4[nH]cc(c34)C[C@H]2N(C)C1.CCCN1C[C@H](CSCC(C)=O)C[C@@H]2c3cccc4[nH]cc(c34)C[C@H]21.CCCN1C[C@H](CSCC(C)=O)C[C@@H]2c3cccc4[nH]cc(c34)C[C@H]21.CCCN1C[C@H](CSCC(C)=O)C[C@@H]2c3cccc4[nH]cc(c34)C[C@H]21.CCCN1C[C@H](CSCC(C)=O)C[C@@H]2c3cccc4[nH]cc(c34)C[C@H]21. The molecule has 24 rings (SSSR count). The van der Waals surface area contributed by atoms with Crippen LogP contribution in [-0.4, -0.2) is 279 Å². The topological polar surface area (TPSA) is 217 Å². The molecule has 24 heteroatoms. The van der Waals surface area contributed by atoms with E-state index < -0.39 is 0 Å². The van der Waals surface area contributed by atoms with Crippen molar-refractivity contribution in [1.29, 1.82) is 0 Å². The van der Waals surface area contributed by atoms with Gasteiger partial charge in [-0.25, -0.2) is 0 Å². The minimum Gasteiger partial charge on any atom is -0.361 e. The summed E-state index contributed by atoms with van der Waals surface area (Å²) in [5.74, 6) is 20.3. The first-order chi connectivity index (χ1) is 70.9. The molecule has 6 saturated heterocycles. The summed E-state index contributed by atoms with van der Waals surface area (Å²) in [6.45, 7) is 31.1. The van der Waals surface area contributed by atoms with Crippen LogP contribution in [0.15, 0.2) is 146 Å². The number of likely N-dealkylation sites (N-methyl/N-ethyl adjacent to an activating group) is 2. The van der Waals surface area contributed by atoms with E-state index in [1.165, 1.54) is 252 Å². The molecular weight excluding hydrogens is 1920 g/mol. The number of carbonyl (C=O) groups excluding carboxylic acids is 6. The van der Waals surface area contributed by atoms with Crippen molar-refractivity contribution in [2.45, 2.75) is 244 Å². The van der Waals surface area contributed by atoms with E-state index >= 15 is 0 Å². The highest BCUT2D eigenvalue weighted by Crippen LogP contribution is 2.53. The van der Waals surface area contributed by atoms with Crippen molar-refractivity contribution < 1.29 is 28.8 Å². The zero-order valence-corrected chi connectivity index (χ0v) is 93.6. The van der Waals surface area contributed by atoms with Gasteiger partial charge in [0.2, 0.25) is 0 Å².